The first-order valence-corrected chi connectivity index (χ1v) is 9.80. The van der Waals surface area contributed by atoms with Crippen LogP contribution in [0.1, 0.15) is 29.8 Å². The third-order valence-corrected chi connectivity index (χ3v) is 5.89. The van der Waals surface area contributed by atoms with Gasteiger partial charge in [-0.15, -0.1) is 10.2 Å². The minimum atomic E-state index is -0.0426. The van der Waals surface area contributed by atoms with E-state index in [1.165, 1.54) is 11.1 Å². The lowest BCUT2D eigenvalue weighted by Gasteiger charge is -2.15. The summed E-state index contributed by atoms with van der Waals surface area (Å²) in [6.07, 6.45) is 4.20. The molecule has 2 aromatic carbocycles. The largest absolute Gasteiger partial charge is 0.452 e. The average Bonchev–Trinajstić information content (AvgIpc) is 3.36. The van der Waals surface area contributed by atoms with Gasteiger partial charge < -0.3 is 4.74 Å². The Morgan fingerprint density at radius 2 is 1.67 bits per heavy atom. The van der Waals surface area contributed by atoms with Crippen LogP contribution in [0.4, 0.5) is 0 Å². The van der Waals surface area contributed by atoms with Crippen LogP contribution in [0.3, 0.4) is 0 Å². The Balaban J connectivity index is 1.58. The van der Waals surface area contributed by atoms with Crippen LogP contribution in [0, 0.1) is 6.92 Å². The number of rotatable bonds is 4. The van der Waals surface area contributed by atoms with Gasteiger partial charge in [-0.2, -0.15) is 0 Å². The molecule has 0 aliphatic heterocycles. The molecule has 2 aromatic heterocycles. The van der Waals surface area contributed by atoms with Gasteiger partial charge >= 0.3 is 0 Å². The second kappa shape index (κ2) is 6.20. The fourth-order valence-corrected chi connectivity index (χ4v) is 3.95. The fraction of sp³-hybridized carbons (Fsp3) is 0.182. The van der Waals surface area contributed by atoms with Crippen molar-refractivity contribution in [1.29, 1.82) is 0 Å². The van der Waals surface area contributed by atoms with Gasteiger partial charge in [0, 0.05) is 6.20 Å². The molecule has 0 spiro atoms. The molecule has 134 valence electrons. The van der Waals surface area contributed by atoms with E-state index in [9.17, 15) is 0 Å². The third-order valence-electron chi connectivity index (χ3n) is 5.24. The fourth-order valence-electron chi connectivity index (χ4n) is 3.58. The number of halogens is 1. The van der Waals surface area contributed by atoms with Crippen molar-refractivity contribution in [2.24, 2.45) is 0 Å². The Bertz CT molecular complexity index is 1130. The normalized spacial score (nSPS) is 15.0. The quantitative estimate of drug-likeness (QED) is 0.427. The molecular weight excluding hydrogens is 402 g/mol. The Kier molecular flexibility index (Phi) is 3.79. The number of hydrogen-bond donors (Lipinski definition) is 0. The molecule has 0 N–H and O–H groups in total. The average molecular weight is 420 g/mol. The number of hydrogen-bond acceptors (Lipinski definition) is 3. The van der Waals surface area contributed by atoms with E-state index in [1.54, 1.807) is 0 Å². The number of para-hydroxylation sites is 1. The second-order valence-corrected chi connectivity index (χ2v) is 7.92. The van der Waals surface area contributed by atoms with E-state index >= 15 is 0 Å². The van der Waals surface area contributed by atoms with Crippen molar-refractivity contribution in [3.63, 3.8) is 0 Å². The summed E-state index contributed by atoms with van der Waals surface area (Å²) in [7, 11) is 0. The molecule has 0 saturated heterocycles. The molecule has 1 saturated carbocycles. The molecule has 4 nitrogen and oxygen atoms in total. The number of benzene rings is 2. The topological polar surface area (TPSA) is 39.4 Å². The first-order valence-electron chi connectivity index (χ1n) is 9.01. The van der Waals surface area contributed by atoms with E-state index in [1.807, 2.05) is 42.6 Å². The summed E-state index contributed by atoms with van der Waals surface area (Å²) < 4.78 is 9.10. The van der Waals surface area contributed by atoms with Crippen LogP contribution in [0.5, 0.6) is 11.5 Å². The van der Waals surface area contributed by atoms with Crippen molar-refractivity contribution >= 4 is 21.6 Å². The first kappa shape index (κ1) is 16.5. The summed E-state index contributed by atoms with van der Waals surface area (Å²) in [4.78, 5) is 0. The minimum Gasteiger partial charge on any atom is -0.452 e. The number of nitrogens with zero attached hydrogens (tertiary/aromatic N) is 3. The van der Waals surface area contributed by atoms with E-state index in [2.05, 4.69) is 61.7 Å². The molecule has 0 unspecified atom stereocenters. The zero-order valence-corrected chi connectivity index (χ0v) is 16.5. The predicted octanol–water partition coefficient (Wildman–Crippen LogP) is 5.67. The number of aryl methyl sites for hydroxylation is 1. The zero-order chi connectivity index (χ0) is 18.4. The SMILES string of the molecule is Cc1ccc(C2(c3nnc4c(Oc5ccccc5Br)cccn34)CC2)cc1. The molecule has 0 amide bonds. The molecule has 2 heterocycles. The second-order valence-electron chi connectivity index (χ2n) is 7.07. The van der Waals surface area contributed by atoms with Crippen LogP contribution in [0.15, 0.2) is 71.3 Å². The van der Waals surface area contributed by atoms with E-state index in [0.29, 0.717) is 5.75 Å². The van der Waals surface area contributed by atoms with Crippen molar-refractivity contribution in [2.45, 2.75) is 25.2 Å². The minimum absolute atomic E-state index is 0.0426. The van der Waals surface area contributed by atoms with Crippen LogP contribution in [0.25, 0.3) is 5.65 Å². The van der Waals surface area contributed by atoms with Gasteiger partial charge in [-0.3, -0.25) is 4.40 Å². The highest BCUT2D eigenvalue weighted by Crippen LogP contribution is 2.53. The van der Waals surface area contributed by atoms with E-state index < -0.39 is 0 Å². The Labute approximate surface area is 166 Å². The summed E-state index contributed by atoms with van der Waals surface area (Å²) in [5, 5.41) is 9.04. The Morgan fingerprint density at radius 3 is 2.41 bits per heavy atom. The number of aromatic nitrogens is 3. The van der Waals surface area contributed by atoms with Gasteiger partial charge in [0.05, 0.1) is 9.89 Å². The van der Waals surface area contributed by atoms with Crippen molar-refractivity contribution in [3.05, 3.63) is 88.3 Å². The number of fused-ring (bicyclic) bond motifs is 1. The van der Waals surface area contributed by atoms with Crippen molar-refractivity contribution in [3.8, 4) is 11.5 Å². The zero-order valence-electron chi connectivity index (χ0n) is 14.9. The van der Waals surface area contributed by atoms with Gasteiger partial charge in [-0.1, -0.05) is 42.0 Å². The van der Waals surface area contributed by atoms with E-state index in [4.69, 9.17) is 4.74 Å². The molecule has 4 aromatic rings. The first-order chi connectivity index (χ1) is 13.2. The van der Waals surface area contributed by atoms with Gasteiger partial charge in [0.1, 0.15) is 11.6 Å². The molecular formula is C22H18BrN3O. The molecule has 5 rings (SSSR count). The smallest absolute Gasteiger partial charge is 0.203 e. The van der Waals surface area contributed by atoms with E-state index in [-0.39, 0.29) is 5.41 Å². The summed E-state index contributed by atoms with van der Waals surface area (Å²) in [5.74, 6) is 2.44. The maximum Gasteiger partial charge on any atom is 0.203 e. The van der Waals surface area contributed by atoms with Crippen molar-refractivity contribution in [1.82, 2.24) is 14.6 Å². The van der Waals surface area contributed by atoms with Crippen molar-refractivity contribution < 1.29 is 4.74 Å². The maximum atomic E-state index is 6.12. The predicted molar refractivity (Wildman–Crippen MR) is 108 cm³/mol. The lowest BCUT2D eigenvalue weighted by molar-refractivity contribution is 0.481. The lowest BCUT2D eigenvalue weighted by Crippen LogP contribution is -2.13. The molecule has 0 bridgehead atoms. The van der Waals surface area contributed by atoms with Crippen LogP contribution in [0.2, 0.25) is 0 Å². The highest BCUT2D eigenvalue weighted by molar-refractivity contribution is 9.10. The standard InChI is InChI=1S/C22H18BrN3O/c1-15-8-10-16(11-9-15)22(12-13-22)21-25-24-20-19(7-4-14-26(20)21)27-18-6-3-2-5-17(18)23/h2-11,14H,12-13H2,1H3. The van der Waals surface area contributed by atoms with Gasteiger partial charge in [-0.05, 0) is 65.5 Å². The van der Waals surface area contributed by atoms with Crippen LogP contribution in [-0.2, 0) is 5.41 Å². The molecule has 1 aliphatic carbocycles. The molecule has 1 fully saturated rings. The van der Waals surface area contributed by atoms with Gasteiger partial charge in [0.2, 0.25) is 5.65 Å². The van der Waals surface area contributed by atoms with Gasteiger partial charge in [0.15, 0.2) is 5.75 Å². The number of pyridine rings is 1. The molecule has 0 atom stereocenters. The van der Waals surface area contributed by atoms with Gasteiger partial charge in [-0.25, -0.2) is 0 Å². The van der Waals surface area contributed by atoms with Crippen molar-refractivity contribution in [2.75, 3.05) is 0 Å². The highest BCUT2D eigenvalue weighted by atomic mass is 79.9. The molecule has 0 radical (unpaired) electrons. The number of ether oxygens (including phenoxy) is 1. The van der Waals surface area contributed by atoms with E-state index in [0.717, 1.165) is 34.5 Å². The monoisotopic (exact) mass is 419 g/mol. The highest BCUT2D eigenvalue weighted by Gasteiger charge is 2.49. The lowest BCUT2D eigenvalue weighted by atomic mass is 9.94. The summed E-state index contributed by atoms with van der Waals surface area (Å²) in [5.41, 5.74) is 3.27. The Hall–Kier alpha value is -2.66. The van der Waals surface area contributed by atoms with Crippen LogP contribution < -0.4 is 4.74 Å². The van der Waals surface area contributed by atoms with Crippen LogP contribution in [-0.4, -0.2) is 14.6 Å². The Morgan fingerprint density at radius 1 is 0.926 bits per heavy atom. The molecule has 5 heteroatoms. The molecule has 27 heavy (non-hydrogen) atoms. The summed E-state index contributed by atoms with van der Waals surface area (Å²) >= 11 is 3.53. The molecule has 1 aliphatic rings. The van der Waals surface area contributed by atoms with Gasteiger partial charge in [0.25, 0.3) is 0 Å². The third kappa shape index (κ3) is 2.73. The van der Waals surface area contributed by atoms with Crippen LogP contribution >= 0.6 is 15.9 Å². The summed E-state index contributed by atoms with van der Waals surface area (Å²) in [6.45, 7) is 2.11. The maximum absolute atomic E-state index is 6.12. The summed E-state index contributed by atoms with van der Waals surface area (Å²) in [6, 6.07) is 20.5.